The standard InChI is InChI=1S/C17H21N3OS2/c1-2-15(12-21)19(10-14-5-8-22-13-14)11-16-4-3-7-20(16)17-18-6-9-23-17/h3-9,13,15,21H,2,10-12H2,1H3. The van der Waals surface area contributed by atoms with Gasteiger partial charge in [0.2, 0.25) is 0 Å². The lowest BCUT2D eigenvalue weighted by Crippen LogP contribution is -2.37. The second kappa shape index (κ2) is 7.88. The highest BCUT2D eigenvalue weighted by Crippen LogP contribution is 2.20. The van der Waals surface area contributed by atoms with Crippen LogP contribution in [0.2, 0.25) is 0 Å². The van der Waals surface area contributed by atoms with Crippen LogP contribution in [0.1, 0.15) is 24.6 Å². The molecule has 0 spiro atoms. The molecule has 3 heterocycles. The van der Waals surface area contributed by atoms with Crippen molar-refractivity contribution in [1.82, 2.24) is 14.5 Å². The van der Waals surface area contributed by atoms with Crippen molar-refractivity contribution < 1.29 is 5.11 Å². The van der Waals surface area contributed by atoms with Crippen LogP contribution in [-0.2, 0) is 13.1 Å². The monoisotopic (exact) mass is 347 g/mol. The van der Waals surface area contributed by atoms with Gasteiger partial charge in [-0.1, -0.05) is 6.92 Å². The maximum atomic E-state index is 9.75. The molecule has 0 aliphatic heterocycles. The van der Waals surface area contributed by atoms with E-state index >= 15 is 0 Å². The number of aliphatic hydroxyl groups excluding tert-OH is 1. The lowest BCUT2D eigenvalue weighted by molar-refractivity contribution is 0.105. The number of nitrogens with zero attached hydrogens (tertiary/aromatic N) is 3. The van der Waals surface area contributed by atoms with E-state index in [4.69, 9.17) is 0 Å². The first kappa shape index (κ1) is 16.4. The minimum atomic E-state index is 0.162. The van der Waals surface area contributed by atoms with Crippen molar-refractivity contribution in [1.29, 1.82) is 0 Å². The molecule has 0 fully saturated rings. The zero-order valence-corrected chi connectivity index (χ0v) is 14.8. The van der Waals surface area contributed by atoms with Crippen LogP contribution in [0, 0.1) is 0 Å². The normalized spacial score (nSPS) is 12.8. The Morgan fingerprint density at radius 1 is 1.30 bits per heavy atom. The molecule has 0 aliphatic rings. The summed E-state index contributed by atoms with van der Waals surface area (Å²) in [5.41, 5.74) is 2.50. The Morgan fingerprint density at radius 2 is 2.22 bits per heavy atom. The van der Waals surface area contributed by atoms with Crippen LogP contribution in [0.15, 0.2) is 46.7 Å². The number of thiophene rings is 1. The van der Waals surface area contributed by atoms with Crippen molar-refractivity contribution in [3.63, 3.8) is 0 Å². The van der Waals surface area contributed by atoms with Crippen molar-refractivity contribution in [3.05, 3.63) is 58.0 Å². The van der Waals surface area contributed by atoms with Crippen LogP contribution in [0.25, 0.3) is 5.13 Å². The van der Waals surface area contributed by atoms with E-state index in [0.29, 0.717) is 0 Å². The molecule has 6 heteroatoms. The molecular weight excluding hydrogens is 326 g/mol. The Balaban J connectivity index is 1.82. The van der Waals surface area contributed by atoms with E-state index in [2.05, 4.69) is 56.5 Å². The highest BCUT2D eigenvalue weighted by molar-refractivity contribution is 7.12. The molecule has 1 N–H and O–H groups in total. The van der Waals surface area contributed by atoms with Gasteiger partial charge in [0.05, 0.1) is 6.61 Å². The van der Waals surface area contributed by atoms with E-state index in [1.165, 1.54) is 11.3 Å². The molecule has 3 aromatic heterocycles. The molecule has 0 amide bonds. The summed E-state index contributed by atoms with van der Waals surface area (Å²) in [6, 6.07) is 6.50. The molecule has 4 nitrogen and oxygen atoms in total. The largest absolute Gasteiger partial charge is 0.395 e. The van der Waals surface area contributed by atoms with E-state index < -0.39 is 0 Å². The topological polar surface area (TPSA) is 41.3 Å². The van der Waals surface area contributed by atoms with Crippen LogP contribution in [0.3, 0.4) is 0 Å². The highest BCUT2D eigenvalue weighted by atomic mass is 32.1. The zero-order valence-electron chi connectivity index (χ0n) is 13.1. The van der Waals surface area contributed by atoms with Crippen LogP contribution in [0.4, 0.5) is 0 Å². The van der Waals surface area contributed by atoms with Gasteiger partial charge in [0, 0.05) is 42.6 Å². The minimum Gasteiger partial charge on any atom is -0.395 e. The molecule has 0 saturated carbocycles. The van der Waals surface area contributed by atoms with Gasteiger partial charge in [-0.05, 0) is 40.9 Å². The summed E-state index contributed by atoms with van der Waals surface area (Å²) >= 11 is 3.35. The van der Waals surface area contributed by atoms with Crippen molar-refractivity contribution in [2.24, 2.45) is 0 Å². The number of aromatic nitrogens is 2. The Hall–Kier alpha value is -1.47. The molecule has 0 aromatic carbocycles. The second-order valence-electron chi connectivity index (χ2n) is 5.47. The average Bonchev–Trinajstić information content (AvgIpc) is 3.30. The molecule has 1 atom stereocenters. The minimum absolute atomic E-state index is 0.162. The van der Waals surface area contributed by atoms with Crippen molar-refractivity contribution in [3.8, 4) is 5.13 Å². The van der Waals surface area contributed by atoms with E-state index in [-0.39, 0.29) is 12.6 Å². The molecule has 23 heavy (non-hydrogen) atoms. The van der Waals surface area contributed by atoms with Gasteiger partial charge < -0.3 is 5.11 Å². The Bertz CT molecular complexity index is 687. The molecule has 3 aromatic rings. The lowest BCUT2D eigenvalue weighted by Gasteiger charge is -2.29. The first-order valence-corrected chi connectivity index (χ1v) is 9.56. The molecular formula is C17H21N3OS2. The quantitative estimate of drug-likeness (QED) is 0.674. The summed E-state index contributed by atoms with van der Waals surface area (Å²) in [5.74, 6) is 0. The average molecular weight is 348 g/mol. The summed E-state index contributed by atoms with van der Waals surface area (Å²) in [5, 5.41) is 17.0. The third-order valence-electron chi connectivity index (χ3n) is 3.99. The summed E-state index contributed by atoms with van der Waals surface area (Å²) in [4.78, 5) is 6.75. The molecule has 0 radical (unpaired) electrons. The summed E-state index contributed by atoms with van der Waals surface area (Å²) in [6.45, 7) is 3.95. The predicted octanol–water partition coefficient (Wildman–Crippen LogP) is 3.77. The van der Waals surface area contributed by atoms with Gasteiger partial charge in [-0.15, -0.1) is 11.3 Å². The van der Waals surface area contributed by atoms with Crippen LogP contribution < -0.4 is 0 Å². The van der Waals surface area contributed by atoms with E-state index in [9.17, 15) is 5.11 Å². The molecule has 0 bridgehead atoms. The van der Waals surface area contributed by atoms with Crippen molar-refractivity contribution in [2.75, 3.05) is 6.61 Å². The fraction of sp³-hybridized carbons (Fsp3) is 0.353. The van der Waals surface area contributed by atoms with Gasteiger partial charge >= 0.3 is 0 Å². The summed E-state index contributed by atoms with van der Waals surface area (Å²) in [6.07, 6.45) is 4.81. The van der Waals surface area contributed by atoms with Crippen molar-refractivity contribution in [2.45, 2.75) is 32.5 Å². The SMILES string of the molecule is CCC(CO)N(Cc1ccsc1)Cc1cccn1-c1nccs1. The molecule has 122 valence electrons. The summed E-state index contributed by atoms with van der Waals surface area (Å²) in [7, 11) is 0. The van der Waals surface area contributed by atoms with Gasteiger partial charge in [0.25, 0.3) is 0 Å². The first-order chi connectivity index (χ1) is 11.3. The highest BCUT2D eigenvalue weighted by Gasteiger charge is 2.19. The van der Waals surface area contributed by atoms with E-state index in [1.54, 1.807) is 22.7 Å². The molecule has 0 aliphatic carbocycles. The summed E-state index contributed by atoms with van der Waals surface area (Å²) < 4.78 is 2.13. The number of thiazole rings is 1. The Kier molecular flexibility index (Phi) is 5.61. The zero-order chi connectivity index (χ0) is 16.1. The van der Waals surface area contributed by atoms with Gasteiger partial charge in [-0.25, -0.2) is 4.98 Å². The van der Waals surface area contributed by atoms with E-state index in [0.717, 1.165) is 24.6 Å². The third-order valence-corrected chi connectivity index (χ3v) is 5.49. The van der Waals surface area contributed by atoms with E-state index in [1.807, 2.05) is 11.6 Å². The predicted molar refractivity (Wildman–Crippen MR) is 96.2 cm³/mol. The van der Waals surface area contributed by atoms with Crippen LogP contribution in [0.5, 0.6) is 0 Å². The number of hydrogen-bond acceptors (Lipinski definition) is 5. The smallest absolute Gasteiger partial charge is 0.193 e. The fourth-order valence-electron chi connectivity index (χ4n) is 2.71. The van der Waals surface area contributed by atoms with Crippen LogP contribution in [-0.4, -0.2) is 32.2 Å². The maximum Gasteiger partial charge on any atom is 0.193 e. The lowest BCUT2D eigenvalue weighted by atomic mass is 10.1. The van der Waals surface area contributed by atoms with Gasteiger partial charge in [0.15, 0.2) is 5.13 Å². The second-order valence-corrected chi connectivity index (χ2v) is 7.12. The number of aliphatic hydroxyl groups is 1. The fourth-order valence-corrected chi connectivity index (χ4v) is 4.03. The number of rotatable bonds is 8. The van der Waals surface area contributed by atoms with Gasteiger partial charge in [-0.3, -0.25) is 9.47 Å². The van der Waals surface area contributed by atoms with Crippen LogP contribution >= 0.6 is 22.7 Å². The van der Waals surface area contributed by atoms with Crippen molar-refractivity contribution >= 4 is 22.7 Å². The Labute approximate surface area is 144 Å². The molecule has 1 unspecified atom stereocenters. The first-order valence-electron chi connectivity index (χ1n) is 7.74. The number of hydrogen-bond donors (Lipinski definition) is 1. The molecule has 0 saturated heterocycles. The maximum absolute atomic E-state index is 9.75. The Morgan fingerprint density at radius 3 is 2.87 bits per heavy atom. The third kappa shape index (κ3) is 3.90. The molecule has 3 rings (SSSR count). The van der Waals surface area contributed by atoms with Gasteiger partial charge in [0.1, 0.15) is 0 Å². The van der Waals surface area contributed by atoms with Gasteiger partial charge in [-0.2, -0.15) is 11.3 Å².